The highest BCUT2D eigenvalue weighted by Crippen LogP contribution is 2.05. The number of carbonyl (C=O) groups is 5. The topological polar surface area (TPSA) is 214 Å². The number of nitrogens with one attached hydrogen (secondary N) is 3. The Morgan fingerprint density at radius 2 is 1.52 bits per heavy atom. The van der Waals surface area contributed by atoms with E-state index in [2.05, 4.69) is 28.6 Å². The van der Waals surface area contributed by atoms with Crippen molar-refractivity contribution in [2.24, 2.45) is 11.5 Å². The average Bonchev–Trinajstić information content (AvgIpc) is 2.74. The van der Waals surface area contributed by atoms with Gasteiger partial charge in [-0.15, -0.1) is 0 Å². The Morgan fingerprint density at radius 1 is 0.970 bits per heavy atom. The second-order valence-electron chi connectivity index (χ2n) is 7.34. The molecule has 5 unspecified atom stereocenters. The monoisotopic (exact) mass is 483 g/mol. The summed E-state index contributed by atoms with van der Waals surface area (Å²) in [6.45, 7) is 1.19. The van der Waals surface area contributed by atoms with Crippen LogP contribution in [0.4, 0.5) is 0 Å². The molecule has 1 aromatic rings. The predicted molar refractivity (Wildman–Crippen MR) is 121 cm³/mol. The quantitative estimate of drug-likeness (QED) is 0.138. The molecule has 12 nitrogen and oxygen atoms in total. The zero-order valence-corrected chi connectivity index (χ0v) is 18.8. The van der Waals surface area contributed by atoms with Gasteiger partial charge in [0.05, 0.1) is 18.6 Å². The maximum atomic E-state index is 12.9. The lowest BCUT2D eigenvalue weighted by Crippen LogP contribution is -2.59. The number of thiol groups is 1. The van der Waals surface area contributed by atoms with Crippen molar-refractivity contribution in [2.45, 2.75) is 50.0 Å². The van der Waals surface area contributed by atoms with E-state index in [1.807, 2.05) is 0 Å². The summed E-state index contributed by atoms with van der Waals surface area (Å²) in [6.07, 6.45) is -1.78. The number of nitrogens with two attached hydrogens (primary N) is 2. The maximum absolute atomic E-state index is 12.9. The zero-order chi connectivity index (χ0) is 25.1. The van der Waals surface area contributed by atoms with E-state index in [0.29, 0.717) is 5.56 Å². The number of rotatable bonds is 13. The number of aliphatic hydroxyl groups is 1. The van der Waals surface area contributed by atoms with Crippen LogP contribution in [0.25, 0.3) is 0 Å². The van der Waals surface area contributed by atoms with E-state index in [9.17, 15) is 29.1 Å². The Morgan fingerprint density at radius 3 is 2.00 bits per heavy atom. The van der Waals surface area contributed by atoms with Gasteiger partial charge in [-0.3, -0.25) is 19.2 Å². The van der Waals surface area contributed by atoms with Crippen molar-refractivity contribution in [3.63, 3.8) is 0 Å². The number of aliphatic hydroxyl groups excluding tert-OH is 1. The molecule has 1 aromatic carbocycles. The van der Waals surface area contributed by atoms with Crippen LogP contribution in [0.5, 0.6) is 0 Å². The number of carboxylic acids is 1. The van der Waals surface area contributed by atoms with Crippen LogP contribution in [-0.4, -0.2) is 75.8 Å². The van der Waals surface area contributed by atoms with Crippen LogP contribution in [0.3, 0.4) is 0 Å². The number of carbonyl (C=O) groups excluding carboxylic acids is 4. The molecular formula is C20H29N5O7S. The highest BCUT2D eigenvalue weighted by molar-refractivity contribution is 7.80. The van der Waals surface area contributed by atoms with E-state index >= 15 is 0 Å². The first-order valence-electron chi connectivity index (χ1n) is 9.96. The minimum absolute atomic E-state index is 0.0358. The van der Waals surface area contributed by atoms with Crippen LogP contribution in [0.15, 0.2) is 30.3 Å². The summed E-state index contributed by atoms with van der Waals surface area (Å²) in [7, 11) is 0. The molecule has 5 atom stereocenters. The number of hydrogen-bond acceptors (Lipinski definition) is 8. The molecular weight excluding hydrogens is 454 g/mol. The molecule has 0 fully saturated rings. The molecule has 0 spiro atoms. The molecule has 182 valence electrons. The summed E-state index contributed by atoms with van der Waals surface area (Å²) in [6, 6.07) is 3.36. The van der Waals surface area contributed by atoms with Gasteiger partial charge < -0.3 is 37.6 Å². The van der Waals surface area contributed by atoms with Gasteiger partial charge in [-0.1, -0.05) is 30.3 Å². The van der Waals surface area contributed by atoms with Gasteiger partial charge in [-0.05, 0) is 12.5 Å². The third kappa shape index (κ3) is 9.47. The number of aliphatic carboxylic acids is 1. The van der Waals surface area contributed by atoms with Crippen molar-refractivity contribution in [3.8, 4) is 0 Å². The van der Waals surface area contributed by atoms with Crippen LogP contribution in [-0.2, 0) is 30.4 Å². The van der Waals surface area contributed by atoms with Gasteiger partial charge in [-0.2, -0.15) is 12.6 Å². The molecule has 0 aliphatic carbocycles. The Labute approximate surface area is 195 Å². The van der Waals surface area contributed by atoms with Crippen molar-refractivity contribution in [2.75, 3.05) is 5.75 Å². The molecule has 9 N–H and O–H groups in total. The van der Waals surface area contributed by atoms with Gasteiger partial charge in [0.25, 0.3) is 0 Å². The summed E-state index contributed by atoms with van der Waals surface area (Å²) < 4.78 is 0. The van der Waals surface area contributed by atoms with Crippen molar-refractivity contribution in [3.05, 3.63) is 35.9 Å². The van der Waals surface area contributed by atoms with E-state index in [0.717, 1.165) is 0 Å². The summed E-state index contributed by atoms with van der Waals surface area (Å²) in [5.41, 5.74) is 11.4. The van der Waals surface area contributed by atoms with Gasteiger partial charge in [0, 0.05) is 12.2 Å². The SMILES string of the molecule is CC(O)C(NC(=O)C(CS)NC(=O)C(Cc1ccccc1)NC(=O)C(N)CC(N)=O)C(=O)O. The molecule has 0 heterocycles. The number of amides is 4. The van der Waals surface area contributed by atoms with Crippen molar-refractivity contribution in [1.29, 1.82) is 0 Å². The molecule has 1 rings (SSSR count). The molecule has 0 bridgehead atoms. The van der Waals surface area contributed by atoms with Crippen molar-refractivity contribution in [1.82, 2.24) is 16.0 Å². The molecule has 0 saturated carbocycles. The normalized spacial score (nSPS) is 15.3. The molecule has 4 amide bonds. The van der Waals surface area contributed by atoms with Crippen molar-refractivity contribution >= 4 is 42.2 Å². The Kier molecular flexibility index (Phi) is 11.3. The zero-order valence-electron chi connectivity index (χ0n) is 17.9. The largest absolute Gasteiger partial charge is 0.480 e. The average molecular weight is 484 g/mol. The molecule has 0 saturated heterocycles. The van der Waals surface area contributed by atoms with Gasteiger partial charge in [0.15, 0.2) is 6.04 Å². The van der Waals surface area contributed by atoms with Gasteiger partial charge in [-0.25, -0.2) is 4.79 Å². The lowest BCUT2D eigenvalue weighted by atomic mass is 10.0. The summed E-state index contributed by atoms with van der Waals surface area (Å²) in [5, 5.41) is 25.6. The summed E-state index contributed by atoms with van der Waals surface area (Å²) in [5.74, 6) is -4.90. The van der Waals surface area contributed by atoms with Gasteiger partial charge in [0.2, 0.25) is 23.6 Å². The Bertz CT molecular complexity index is 852. The molecule has 33 heavy (non-hydrogen) atoms. The number of benzene rings is 1. The van der Waals surface area contributed by atoms with E-state index in [4.69, 9.17) is 16.6 Å². The molecule has 0 aromatic heterocycles. The third-order valence-corrected chi connectivity index (χ3v) is 4.90. The Balaban J connectivity index is 2.99. The highest BCUT2D eigenvalue weighted by Gasteiger charge is 2.31. The number of primary amides is 1. The Hall–Kier alpha value is -3.16. The maximum Gasteiger partial charge on any atom is 0.328 e. The van der Waals surface area contributed by atoms with Crippen LogP contribution < -0.4 is 27.4 Å². The van der Waals surface area contributed by atoms with Gasteiger partial charge in [0.1, 0.15) is 12.1 Å². The molecule has 0 aliphatic rings. The van der Waals surface area contributed by atoms with Crippen LogP contribution in [0.1, 0.15) is 18.9 Å². The van der Waals surface area contributed by atoms with Crippen LogP contribution in [0.2, 0.25) is 0 Å². The lowest BCUT2D eigenvalue weighted by molar-refractivity contribution is -0.145. The van der Waals surface area contributed by atoms with Gasteiger partial charge >= 0.3 is 5.97 Å². The first-order chi connectivity index (χ1) is 15.5. The highest BCUT2D eigenvalue weighted by atomic mass is 32.1. The van der Waals surface area contributed by atoms with E-state index < -0.39 is 66.3 Å². The van der Waals surface area contributed by atoms with Crippen LogP contribution in [0, 0.1) is 0 Å². The third-order valence-electron chi connectivity index (χ3n) is 4.54. The fraction of sp³-hybridized carbons (Fsp3) is 0.450. The standard InChI is InChI=1S/C20H29N5O7S/c1-10(26)16(20(31)32)25-19(30)14(9-33)24-18(29)13(7-11-5-3-2-4-6-11)23-17(28)12(21)8-15(22)27/h2-6,10,12-14,16,26,33H,7-9,21H2,1H3,(H2,22,27)(H,23,28)(H,24,29)(H,25,30)(H,31,32). The molecule has 0 aliphatic heterocycles. The second-order valence-corrected chi connectivity index (χ2v) is 7.70. The van der Waals surface area contributed by atoms with Crippen LogP contribution >= 0.6 is 12.6 Å². The van der Waals surface area contributed by atoms with E-state index in [1.54, 1.807) is 30.3 Å². The minimum Gasteiger partial charge on any atom is -0.480 e. The lowest BCUT2D eigenvalue weighted by Gasteiger charge is -2.25. The first-order valence-corrected chi connectivity index (χ1v) is 10.6. The van der Waals surface area contributed by atoms with Crippen molar-refractivity contribution < 1.29 is 34.2 Å². The summed E-state index contributed by atoms with van der Waals surface area (Å²) >= 11 is 4.02. The fourth-order valence-electron chi connectivity index (χ4n) is 2.76. The fourth-order valence-corrected chi connectivity index (χ4v) is 3.01. The molecule has 0 radical (unpaired) electrons. The number of carboxylic acid groups (broad SMARTS) is 1. The predicted octanol–water partition coefficient (Wildman–Crippen LogP) is -2.72. The minimum atomic E-state index is -1.59. The smallest absolute Gasteiger partial charge is 0.328 e. The first kappa shape index (κ1) is 27.9. The van der Waals surface area contributed by atoms with E-state index in [1.165, 1.54) is 6.92 Å². The molecule has 13 heteroatoms. The van der Waals surface area contributed by atoms with E-state index in [-0.39, 0.29) is 12.2 Å². The number of hydrogen-bond donors (Lipinski definition) is 8. The second kappa shape index (κ2) is 13.4. The summed E-state index contributed by atoms with van der Waals surface area (Å²) in [4.78, 5) is 60.0.